The molecule has 2 amide bonds. The number of carbonyl (C=O) groups is 2. The number of hydrogen-bond donors (Lipinski definition) is 2. The van der Waals surface area contributed by atoms with Crippen molar-refractivity contribution in [2.24, 2.45) is 0 Å². The molecule has 1 heterocycles. The lowest BCUT2D eigenvalue weighted by molar-refractivity contribution is 0.0937. The first-order chi connectivity index (χ1) is 9.19. The minimum absolute atomic E-state index is 0.196. The van der Waals surface area contributed by atoms with Gasteiger partial charge in [0.1, 0.15) is 5.69 Å². The zero-order valence-electron chi connectivity index (χ0n) is 10.8. The van der Waals surface area contributed by atoms with Gasteiger partial charge in [0, 0.05) is 32.0 Å². The maximum absolute atomic E-state index is 11.8. The van der Waals surface area contributed by atoms with Gasteiger partial charge in [0.05, 0.1) is 6.61 Å². The molecule has 6 heteroatoms. The predicted molar refractivity (Wildman–Crippen MR) is 71.0 cm³/mol. The molecule has 0 bridgehead atoms. The van der Waals surface area contributed by atoms with E-state index in [1.54, 1.807) is 19.3 Å². The summed E-state index contributed by atoms with van der Waals surface area (Å²) in [5.41, 5.74) is 0.580. The number of nitrogens with zero attached hydrogens (tertiary/aromatic N) is 1. The molecule has 0 aliphatic carbocycles. The van der Waals surface area contributed by atoms with Gasteiger partial charge in [-0.1, -0.05) is 6.08 Å². The number of aromatic nitrogens is 1. The zero-order chi connectivity index (χ0) is 14.1. The van der Waals surface area contributed by atoms with E-state index in [-0.39, 0.29) is 17.5 Å². The molecule has 0 radical (unpaired) electrons. The fourth-order valence-electron chi connectivity index (χ4n) is 1.32. The Morgan fingerprint density at radius 2 is 2.21 bits per heavy atom. The molecular weight excluding hydrogens is 246 g/mol. The van der Waals surface area contributed by atoms with Crippen LogP contribution in [0.25, 0.3) is 0 Å². The second-order valence-corrected chi connectivity index (χ2v) is 3.68. The number of methoxy groups -OCH3 is 1. The molecule has 6 nitrogen and oxygen atoms in total. The normalized spacial score (nSPS) is 9.74. The molecule has 0 saturated carbocycles. The van der Waals surface area contributed by atoms with E-state index in [4.69, 9.17) is 4.74 Å². The van der Waals surface area contributed by atoms with Gasteiger partial charge in [-0.2, -0.15) is 0 Å². The highest BCUT2D eigenvalue weighted by Gasteiger charge is 2.10. The van der Waals surface area contributed by atoms with Crippen LogP contribution in [0.5, 0.6) is 0 Å². The van der Waals surface area contributed by atoms with E-state index in [0.29, 0.717) is 25.3 Å². The highest BCUT2D eigenvalue weighted by atomic mass is 16.5. The molecule has 2 N–H and O–H groups in total. The predicted octanol–water partition coefficient (Wildman–Crippen LogP) is 0.374. The van der Waals surface area contributed by atoms with Crippen molar-refractivity contribution in [3.05, 3.63) is 42.2 Å². The molecule has 0 aromatic carbocycles. The maximum atomic E-state index is 11.8. The van der Waals surface area contributed by atoms with Crippen molar-refractivity contribution < 1.29 is 14.3 Å². The Hall–Kier alpha value is -2.21. The number of amides is 2. The van der Waals surface area contributed by atoms with Gasteiger partial charge in [0.2, 0.25) is 0 Å². The first kappa shape index (κ1) is 14.8. The molecular formula is C13H17N3O3. The summed E-state index contributed by atoms with van der Waals surface area (Å²) in [5, 5.41) is 5.27. The standard InChI is InChI=1S/C13H17N3O3/c1-3-5-15-13(18)11-9-10(4-6-14-11)12(17)16-7-8-19-2/h3-4,6,9H,1,5,7-8H2,2H3,(H,15,18)(H,16,17). The van der Waals surface area contributed by atoms with E-state index in [0.717, 1.165) is 0 Å². The smallest absolute Gasteiger partial charge is 0.270 e. The molecule has 0 unspecified atom stereocenters. The van der Waals surface area contributed by atoms with Crippen molar-refractivity contribution in [3.8, 4) is 0 Å². The highest BCUT2D eigenvalue weighted by Crippen LogP contribution is 2.02. The van der Waals surface area contributed by atoms with E-state index in [2.05, 4.69) is 22.2 Å². The van der Waals surface area contributed by atoms with Crippen molar-refractivity contribution >= 4 is 11.8 Å². The summed E-state index contributed by atoms with van der Waals surface area (Å²) in [5.74, 6) is -0.608. The average molecular weight is 263 g/mol. The van der Waals surface area contributed by atoms with E-state index in [9.17, 15) is 9.59 Å². The second kappa shape index (κ2) is 7.99. The minimum atomic E-state index is -0.341. The van der Waals surface area contributed by atoms with Gasteiger partial charge in [-0.15, -0.1) is 6.58 Å². The van der Waals surface area contributed by atoms with E-state index >= 15 is 0 Å². The molecule has 0 aliphatic rings. The van der Waals surface area contributed by atoms with Crippen molar-refractivity contribution in [2.45, 2.75) is 0 Å². The van der Waals surface area contributed by atoms with Crippen LogP contribution in [0, 0.1) is 0 Å². The van der Waals surface area contributed by atoms with Crippen molar-refractivity contribution in [2.75, 3.05) is 26.8 Å². The van der Waals surface area contributed by atoms with Gasteiger partial charge in [-0.05, 0) is 12.1 Å². The molecule has 1 aromatic heterocycles. The Morgan fingerprint density at radius 3 is 2.89 bits per heavy atom. The van der Waals surface area contributed by atoms with Gasteiger partial charge in [-0.25, -0.2) is 0 Å². The SMILES string of the molecule is C=CCNC(=O)c1cc(C(=O)NCCOC)ccn1. The number of nitrogens with one attached hydrogen (secondary N) is 2. The third-order valence-corrected chi connectivity index (χ3v) is 2.25. The number of hydrogen-bond acceptors (Lipinski definition) is 4. The number of rotatable bonds is 7. The first-order valence-corrected chi connectivity index (χ1v) is 5.81. The van der Waals surface area contributed by atoms with E-state index < -0.39 is 0 Å². The molecule has 0 atom stereocenters. The van der Waals surface area contributed by atoms with Gasteiger partial charge in [0.15, 0.2) is 0 Å². The lowest BCUT2D eigenvalue weighted by atomic mass is 10.2. The summed E-state index contributed by atoms with van der Waals surface area (Å²) in [6.07, 6.45) is 2.99. The summed E-state index contributed by atoms with van der Waals surface area (Å²) in [4.78, 5) is 27.4. The third-order valence-electron chi connectivity index (χ3n) is 2.25. The highest BCUT2D eigenvalue weighted by molar-refractivity contribution is 5.98. The van der Waals surface area contributed by atoms with Crippen molar-refractivity contribution in [1.82, 2.24) is 15.6 Å². The van der Waals surface area contributed by atoms with Crippen molar-refractivity contribution in [3.63, 3.8) is 0 Å². The topological polar surface area (TPSA) is 80.3 Å². The van der Waals surface area contributed by atoms with Crippen LogP contribution in [-0.2, 0) is 4.74 Å². The maximum Gasteiger partial charge on any atom is 0.270 e. The van der Waals surface area contributed by atoms with Crippen LogP contribution in [0.4, 0.5) is 0 Å². The summed E-state index contributed by atoms with van der Waals surface area (Å²) < 4.78 is 4.83. The van der Waals surface area contributed by atoms with Gasteiger partial charge < -0.3 is 15.4 Å². The fourth-order valence-corrected chi connectivity index (χ4v) is 1.32. The lowest BCUT2D eigenvalue weighted by Crippen LogP contribution is -2.28. The largest absolute Gasteiger partial charge is 0.383 e. The van der Waals surface area contributed by atoms with Gasteiger partial charge in [-0.3, -0.25) is 14.6 Å². The Bertz CT molecular complexity index is 460. The monoisotopic (exact) mass is 263 g/mol. The molecule has 0 saturated heterocycles. The Morgan fingerprint density at radius 1 is 1.42 bits per heavy atom. The molecule has 0 fully saturated rings. The first-order valence-electron chi connectivity index (χ1n) is 5.81. The van der Waals surface area contributed by atoms with Crippen LogP contribution < -0.4 is 10.6 Å². The summed E-state index contributed by atoms with van der Waals surface area (Å²) >= 11 is 0. The average Bonchev–Trinajstić information content (AvgIpc) is 2.45. The molecule has 1 rings (SSSR count). The Labute approximate surface area is 111 Å². The molecule has 1 aromatic rings. The minimum Gasteiger partial charge on any atom is -0.383 e. The zero-order valence-corrected chi connectivity index (χ0v) is 10.8. The van der Waals surface area contributed by atoms with Gasteiger partial charge in [0.25, 0.3) is 11.8 Å². The van der Waals surface area contributed by atoms with Crippen LogP contribution in [0.1, 0.15) is 20.8 Å². The van der Waals surface area contributed by atoms with E-state index in [1.807, 2.05) is 0 Å². The van der Waals surface area contributed by atoms with Crippen LogP contribution >= 0.6 is 0 Å². The number of carbonyl (C=O) groups excluding carboxylic acids is 2. The molecule has 19 heavy (non-hydrogen) atoms. The van der Waals surface area contributed by atoms with E-state index in [1.165, 1.54) is 12.3 Å². The van der Waals surface area contributed by atoms with Crippen LogP contribution in [-0.4, -0.2) is 43.6 Å². The quantitative estimate of drug-likeness (QED) is 0.550. The molecule has 0 spiro atoms. The second-order valence-electron chi connectivity index (χ2n) is 3.68. The summed E-state index contributed by atoms with van der Waals surface area (Å²) in [6, 6.07) is 2.99. The number of pyridine rings is 1. The van der Waals surface area contributed by atoms with Crippen LogP contribution in [0.3, 0.4) is 0 Å². The van der Waals surface area contributed by atoms with Crippen LogP contribution in [0.2, 0.25) is 0 Å². The Balaban J connectivity index is 2.68. The van der Waals surface area contributed by atoms with Gasteiger partial charge >= 0.3 is 0 Å². The van der Waals surface area contributed by atoms with Crippen molar-refractivity contribution in [1.29, 1.82) is 0 Å². The third kappa shape index (κ3) is 4.89. The Kier molecular flexibility index (Phi) is 6.25. The summed E-state index contributed by atoms with van der Waals surface area (Å²) in [6.45, 7) is 4.70. The summed E-state index contributed by atoms with van der Waals surface area (Å²) in [7, 11) is 1.56. The molecule has 102 valence electrons. The lowest BCUT2D eigenvalue weighted by Gasteiger charge is -2.06. The fraction of sp³-hybridized carbons (Fsp3) is 0.308. The molecule has 0 aliphatic heterocycles. The van der Waals surface area contributed by atoms with Crippen LogP contribution in [0.15, 0.2) is 31.0 Å². The number of ether oxygens (including phenoxy) is 1.